The second kappa shape index (κ2) is 8.23. The van der Waals surface area contributed by atoms with Crippen molar-refractivity contribution in [2.75, 3.05) is 19.0 Å². The summed E-state index contributed by atoms with van der Waals surface area (Å²) in [5, 5.41) is 0. The van der Waals surface area contributed by atoms with Crippen LogP contribution in [0.3, 0.4) is 0 Å². The van der Waals surface area contributed by atoms with Crippen LogP contribution in [0.15, 0.2) is 99.0 Å². The van der Waals surface area contributed by atoms with Crippen LogP contribution in [0, 0.1) is 0 Å². The molecule has 0 bridgehead atoms. The van der Waals surface area contributed by atoms with Crippen molar-refractivity contribution in [3.8, 4) is 0 Å². The fourth-order valence-corrected chi connectivity index (χ4v) is 6.55. The van der Waals surface area contributed by atoms with E-state index >= 15 is 0 Å². The van der Waals surface area contributed by atoms with E-state index in [1.807, 2.05) is 19.0 Å². The molecule has 0 aromatic heterocycles. The molecule has 0 aliphatic rings. The van der Waals surface area contributed by atoms with Gasteiger partial charge in [-0.05, 0) is 48.0 Å². The van der Waals surface area contributed by atoms with Crippen LogP contribution in [-0.2, 0) is 19.7 Å². The second-order valence-electron chi connectivity index (χ2n) is 6.58. The van der Waals surface area contributed by atoms with Crippen molar-refractivity contribution in [2.45, 2.75) is 9.79 Å². The van der Waals surface area contributed by atoms with Crippen LogP contribution in [-0.4, -0.2) is 30.9 Å². The van der Waals surface area contributed by atoms with Gasteiger partial charge in [-0.2, -0.15) is 0 Å². The molecule has 7 heteroatoms. The molecule has 150 valence electrons. The monoisotopic (exact) mass is 427 g/mol. The Labute approximate surface area is 171 Å². The highest BCUT2D eigenvalue weighted by Crippen LogP contribution is 2.31. The number of nitrogens with zero attached hydrogens (tertiary/aromatic N) is 1. The van der Waals surface area contributed by atoms with E-state index in [1.165, 1.54) is 30.3 Å². The third-order valence-corrected chi connectivity index (χ3v) is 8.73. The standard InChI is InChI=1S/C22H21NO4S2/c1-23(2)19-15-13-18(14-16-19)17-22(28(24,25)20-9-5-3-6-10-20)29(26,27)21-11-7-4-8-12-21/h3-17H,1-2H3. The van der Waals surface area contributed by atoms with Crippen LogP contribution in [0.25, 0.3) is 6.08 Å². The molecule has 5 nitrogen and oxygen atoms in total. The molecule has 0 spiro atoms. The third kappa shape index (κ3) is 4.41. The number of sulfone groups is 2. The van der Waals surface area contributed by atoms with Crippen molar-refractivity contribution >= 4 is 31.4 Å². The van der Waals surface area contributed by atoms with E-state index in [0.717, 1.165) is 5.69 Å². The molecule has 3 rings (SSSR count). The zero-order valence-corrected chi connectivity index (χ0v) is 17.7. The first-order valence-corrected chi connectivity index (χ1v) is 11.8. The van der Waals surface area contributed by atoms with Gasteiger partial charge in [-0.25, -0.2) is 16.8 Å². The molecule has 3 aromatic rings. The maximum atomic E-state index is 13.3. The van der Waals surface area contributed by atoms with Crippen molar-refractivity contribution in [1.82, 2.24) is 0 Å². The molecule has 29 heavy (non-hydrogen) atoms. The van der Waals surface area contributed by atoms with E-state index in [4.69, 9.17) is 0 Å². The summed E-state index contributed by atoms with van der Waals surface area (Å²) >= 11 is 0. The van der Waals surface area contributed by atoms with Crippen LogP contribution in [0.1, 0.15) is 5.56 Å². The summed E-state index contributed by atoms with van der Waals surface area (Å²) < 4.78 is 52.5. The Bertz CT molecular complexity index is 1140. The maximum Gasteiger partial charge on any atom is 0.217 e. The van der Waals surface area contributed by atoms with Gasteiger partial charge in [0.1, 0.15) is 0 Å². The van der Waals surface area contributed by atoms with Gasteiger partial charge in [-0.1, -0.05) is 48.5 Å². The highest BCUT2D eigenvalue weighted by molar-refractivity contribution is 8.14. The first kappa shape index (κ1) is 20.8. The molecule has 0 unspecified atom stereocenters. The first-order chi connectivity index (χ1) is 13.7. The quantitative estimate of drug-likeness (QED) is 0.595. The van der Waals surface area contributed by atoms with Crippen molar-refractivity contribution < 1.29 is 16.8 Å². The van der Waals surface area contributed by atoms with Crippen LogP contribution in [0.4, 0.5) is 5.69 Å². The summed E-state index contributed by atoms with van der Waals surface area (Å²) in [5.41, 5.74) is 1.39. The fraction of sp³-hybridized carbons (Fsp3) is 0.0909. The third-order valence-electron chi connectivity index (χ3n) is 4.33. The zero-order chi connectivity index (χ0) is 21.1. The average molecular weight is 428 g/mol. The maximum absolute atomic E-state index is 13.3. The van der Waals surface area contributed by atoms with Crippen molar-refractivity contribution in [2.24, 2.45) is 0 Å². The van der Waals surface area contributed by atoms with E-state index in [2.05, 4.69) is 0 Å². The smallest absolute Gasteiger partial charge is 0.217 e. The van der Waals surface area contributed by atoms with Gasteiger partial charge >= 0.3 is 0 Å². The summed E-state index contributed by atoms with van der Waals surface area (Å²) in [5.74, 6) is 0. The number of benzene rings is 3. The van der Waals surface area contributed by atoms with Gasteiger partial charge in [0.15, 0.2) is 4.24 Å². The summed E-state index contributed by atoms with van der Waals surface area (Å²) in [6.45, 7) is 0. The van der Waals surface area contributed by atoms with E-state index in [-0.39, 0.29) is 9.79 Å². The first-order valence-electron chi connectivity index (χ1n) is 8.82. The molecule has 0 N–H and O–H groups in total. The molecule has 0 aliphatic heterocycles. The molecule has 0 fully saturated rings. The topological polar surface area (TPSA) is 71.5 Å². The second-order valence-corrected chi connectivity index (χ2v) is 10.7. The summed E-state index contributed by atoms with van der Waals surface area (Å²) in [7, 11) is -4.77. The van der Waals surface area contributed by atoms with Crippen molar-refractivity contribution in [3.05, 3.63) is 94.7 Å². The molecule has 0 saturated heterocycles. The number of hydrogen-bond acceptors (Lipinski definition) is 5. The summed E-state index contributed by atoms with van der Waals surface area (Å²) in [4.78, 5) is 1.75. The predicted octanol–water partition coefficient (Wildman–Crippen LogP) is 4.00. The minimum atomic E-state index is -4.27. The van der Waals surface area contributed by atoms with Crippen molar-refractivity contribution in [3.63, 3.8) is 0 Å². The Morgan fingerprint density at radius 3 is 1.45 bits per heavy atom. The van der Waals surface area contributed by atoms with Gasteiger partial charge in [0.2, 0.25) is 19.7 Å². The van der Waals surface area contributed by atoms with Gasteiger partial charge in [0.25, 0.3) is 0 Å². The normalized spacial score (nSPS) is 11.7. The molecule has 0 radical (unpaired) electrons. The Morgan fingerprint density at radius 2 is 1.07 bits per heavy atom. The predicted molar refractivity (Wildman–Crippen MR) is 116 cm³/mol. The van der Waals surface area contributed by atoms with Gasteiger partial charge < -0.3 is 4.90 Å². The average Bonchev–Trinajstić information content (AvgIpc) is 2.73. The Balaban J connectivity index is 2.22. The Kier molecular flexibility index (Phi) is 5.91. The van der Waals surface area contributed by atoms with Crippen LogP contribution >= 0.6 is 0 Å². The molecular weight excluding hydrogens is 406 g/mol. The Hall–Kier alpha value is -2.90. The number of anilines is 1. The lowest BCUT2D eigenvalue weighted by Crippen LogP contribution is -2.15. The van der Waals surface area contributed by atoms with Gasteiger partial charge in [0, 0.05) is 19.8 Å². The van der Waals surface area contributed by atoms with Gasteiger partial charge in [-0.15, -0.1) is 0 Å². The van der Waals surface area contributed by atoms with Crippen molar-refractivity contribution in [1.29, 1.82) is 0 Å². The summed E-state index contributed by atoms with van der Waals surface area (Å²) in [6, 6.07) is 22.1. The molecule has 0 atom stereocenters. The fourth-order valence-electron chi connectivity index (χ4n) is 2.74. The van der Waals surface area contributed by atoms with Crippen LogP contribution in [0.5, 0.6) is 0 Å². The van der Waals surface area contributed by atoms with E-state index < -0.39 is 23.9 Å². The van der Waals surface area contributed by atoms with Crippen LogP contribution in [0.2, 0.25) is 0 Å². The van der Waals surface area contributed by atoms with E-state index in [0.29, 0.717) is 5.56 Å². The molecule has 0 heterocycles. The number of rotatable bonds is 6. The molecule has 3 aromatic carbocycles. The van der Waals surface area contributed by atoms with Gasteiger partial charge in [0.05, 0.1) is 9.79 Å². The highest BCUT2D eigenvalue weighted by atomic mass is 32.3. The molecule has 0 saturated carbocycles. The lowest BCUT2D eigenvalue weighted by atomic mass is 10.2. The SMILES string of the molecule is CN(C)c1ccc(C=C(S(=O)(=O)c2ccccc2)S(=O)(=O)c2ccccc2)cc1. The minimum absolute atomic E-state index is 0.0735. The molecule has 0 amide bonds. The summed E-state index contributed by atoms with van der Waals surface area (Å²) in [6.07, 6.45) is 1.21. The largest absolute Gasteiger partial charge is 0.378 e. The lowest BCUT2D eigenvalue weighted by molar-refractivity contribution is 0.595. The molecular formula is C22H21NO4S2. The zero-order valence-electron chi connectivity index (χ0n) is 16.1. The lowest BCUT2D eigenvalue weighted by Gasteiger charge is -2.13. The van der Waals surface area contributed by atoms with E-state index in [1.54, 1.807) is 60.7 Å². The minimum Gasteiger partial charge on any atom is -0.378 e. The van der Waals surface area contributed by atoms with E-state index in [9.17, 15) is 16.8 Å². The molecule has 0 aliphatic carbocycles. The van der Waals surface area contributed by atoms with Gasteiger partial charge in [-0.3, -0.25) is 0 Å². The Morgan fingerprint density at radius 1 is 0.655 bits per heavy atom. The van der Waals surface area contributed by atoms with Crippen LogP contribution < -0.4 is 4.90 Å². The number of hydrogen-bond donors (Lipinski definition) is 0. The highest BCUT2D eigenvalue weighted by Gasteiger charge is 2.33.